The number of alkyl halides is 3. The Morgan fingerprint density at radius 1 is 1.05 bits per heavy atom. The van der Waals surface area contributed by atoms with E-state index in [1.54, 1.807) is 13.0 Å². The van der Waals surface area contributed by atoms with E-state index in [9.17, 15) is 21.6 Å². The average molecular weight is 580 g/mol. The summed E-state index contributed by atoms with van der Waals surface area (Å²) in [6.07, 6.45) is 7.80. The van der Waals surface area contributed by atoms with Crippen molar-refractivity contribution in [2.45, 2.75) is 105 Å². The van der Waals surface area contributed by atoms with Gasteiger partial charge in [0.25, 0.3) is 0 Å². The van der Waals surface area contributed by atoms with Crippen molar-refractivity contribution >= 4 is 21.4 Å². The summed E-state index contributed by atoms with van der Waals surface area (Å²) < 4.78 is 68.8. The summed E-state index contributed by atoms with van der Waals surface area (Å²) in [6, 6.07) is 8.36. The van der Waals surface area contributed by atoms with Gasteiger partial charge in [0, 0.05) is 22.7 Å². The highest BCUT2D eigenvalue weighted by Gasteiger charge is 2.49. The molecule has 0 bridgehead atoms. The van der Waals surface area contributed by atoms with E-state index in [1.165, 1.54) is 17.7 Å². The van der Waals surface area contributed by atoms with Crippen molar-refractivity contribution in [1.82, 2.24) is 0 Å². The van der Waals surface area contributed by atoms with Crippen LogP contribution in [-0.4, -0.2) is 19.5 Å². The number of anilines is 1. The average Bonchev–Trinajstić information content (AvgIpc) is 2.85. The largest absolute Gasteiger partial charge is 0.534 e. The molecule has 0 amide bonds. The first-order valence-electron chi connectivity index (χ1n) is 14.1. The molecule has 0 spiro atoms. The van der Waals surface area contributed by atoms with Gasteiger partial charge in [-0.3, -0.25) is 0 Å². The monoisotopic (exact) mass is 579 g/mol. The van der Waals surface area contributed by atoms with Crippen molar-refractivity contribution in [3.05, 3.63) is 64.7 Å². The summed E-state index contributed by atoms with van der Waals surface area (Å²) in [4.78, 5) is 0. The van der Waals surface area contributed by atoms with Crippen LogP contribution in [0.25, 0.3) is 16.7 Å². The van der Waals surface area contributed by atoms with Crippen molar-refractivity contribution in [3.63, 3.8) is 0 Å². The minimum atomic E-state index is -5.85. The molecule has 8 heteroatoms. The first-order valence-corrected chi connectivity index (χ1v) is 15.5. The molecule has 1 aliphatic rings. The second-order valence-electron chi connectivity index (χ2n) is 10.4. The standard InChI is InChI=1S/C30H38F3NO3S.C2H6/c1-8-12-21(10-3)22(13-9-2)28-23(16-17-24-27(28)20(5)18-29(6,7)34-24)26-19(4)14-11-15-25(26)37-38(35,36)30(31,32)33;1-2/h11-12,14-18,22,34H,8-10,13H2,1-7H3;1-2H3/b21-12+;. The molecule has 222 valence electrons. The van der Waals surface area contributed by atoms with Crippen LogP contribution >= 0.6 is 0 Å². The molecule has 4 nitrogen and oxygen atoms in total. The summed E-state index contributed by atoms with van der Waals surface area (Å²) in [7, 11) is -5.85. The molecular formula is C32H44F3NO3S. The molecular weight excluding hydrogens is 535 g/mol. The third-order valence-electron chi connectivity index (χ3n) is 6.91. The van der Waals surface area contributed by atoms with Gasteiger partial charge in [-0.05, 0) is 81.4 Å². The third-order valence-corrected chi connectivity index (χ3v) is 7.87. The van der Waals surface area contributed by atoms with Crippen molar-refractivity contribution in [3.8, 4) is 16.9 Å². The molecule has 0 radical (unpaired) electrons. The molecule has 1 heterocycles. The number of aryl methyl sites for hydroxylation is 1. The Morgan fingerprint density at radius 2 is 1.70 bits per heavy atom. The van der Waals surface area contributed by atoms with Crippen LogP contribution in [0.2, 0.25) is 0 Å². The molecule has 0 fully saturated rings. The van der Waals surface area contributed by atoms with E-state index >= 15 is 0 Å². The number of fused-ring (bicyclic) bond motifs is 1. The van der Waals surface area contributed by atoms with Crippen molar-refractivity contribution < 1.29 is 25.8 Å². The zero-order valence-electron chi connectivity index (χ0n) is 25.2. The minimum absolute atomic E-state index is 0.00654. The normalized spacial score (nSPS) is 15.7. The van der Waals surface area contributed by atoms with E-state index in [0.29, 0.717) is 16.7 Å². The number of nitrogens with one attached hydrogen (secondary N) is 1. The molecule has 2 aromatic rings. The Morgan fingerprint density at radius 3 is 2.25 bits per heavy atom. The van der Waals surface area contributed by atoms with E-state index in [-0.39, 0.29) is 17.2 Å². The first kappa shape index (κ1) is 33.5. The Bertz CT molecular complexity index is 1360. The number of hydrogen-bond donors (Lipinski definition) is 1. The van der Waals surface area contributed by atoms with Gasteiger partial charge in [0.2, 0.25) is 0 Å². The van der Waals surface area contributed by atoms with Gasteiger partial charge in [0.1, 0.15) is 0 Å². The molecule has 3 rings (SSSR count). The fraction of sp³-hybridized carbons (Fsp3) is 0.500. The topological polar surface area (TPSA) is 55.4 Å². The van der Waals surface area contributed by atoms with Crippen molar-refractivity contribution in [2.24, 2.45) is 0 Å². The highest BCUT2D eigenvalue weighted by molar-refractivity contribution is 7.88. The van der Waals surface area contributed by atoms with Crippen LogP contribution in [-0.2, 0) is 10.1 Å². The lowest BCUT2D eigenvalue weighted by molar-refractivity contribution is -0.0499. The fourth-order valence-corrected chi connectivity index (χ4v) is 6.01. The van der Waals surface area contributed by atoms with Gasteiger partial charge >= 0.3 is 15.6 Å². The highest BCUT2D eigenvalue weighted by atomic mass is 32.2. The maximum atomic E-state index is 13.3. The maximum Gasteiger partial charge on any atom is 0.534 e. The molecule has 0 saturated carbocycles. The molecule has 40 heavy (non-hydrogen) atoms. The predicted molar refractivity (Wildman–Crippen MR) is 161 cm³/mol. The second kappa shape index (κ2) is 13.3. The maximum absolute atomic E-state index is 13.3. The lowest BCUT2D eigenvalue weighted by Gasteiger charge is -2.36. The number of halogens is 3. The van der Waals surface area contributed by atoms with Crippen molar-refractivity contribution in [1.29, 1.82) is 0 Å². The van der Waals surface area contributed by atoms with Gasteiger partial charge in [0.15, 0.2) is 5.75 Å². The molecule has 1 N–H and O–H groups in total. The number of allylic oxidation sites excluding steroid dienone is 3. The summed E-state index contributed by atoms with van der Waals surface area (Å²) in [5, 5.41) is 3.59. The van der Waals surface area contributed by atoms with Gasteiger partial charge in [-0.2, -0.15) is 21.6 Å². The molecule has 1 unspecified atom stereocenters. The molecule has 0 aromatic heterocycles. The van der Waals surface area contributed by atoms with Gasteiger partial charge < -0.3 is 9.50 Å². The first-order chi connectivity index (χ1) is 18.7. The lowest BCUT2D eigenvalue weighted by Crippen LogP contribution is -2.32. The summed E-state index contributed by atoms with van der Waals surface area (Å²) in [5.41, 5.74) is 1.08. The quantitative estimate of drug-likeness (QED) is 0.182. The van der Waals surface area contributed by atoms with Gasteiger partial charge in [-0.15, -0.1) is 0 Å². The minimum Gasteiger partial charge on any atom is -0.376 e. The fourth-order valence-electron chi connectivity index (χ4n) is 5.54. The van der Waals surface area contributed by atoms with E-state index in [4.69, 9.17) is 4.18 Å². The van der Waals surface area contributed by atoms with E-state index in [2.05, 4.69) is 59.0 Å². The molecule has 0 saturated heterocycles. The predicted octanol–water partition coefficient (Wildman–Crippen LogP) is 10.2. The van der Waals surface area contributed by atoms with Crippen molar-refractivity contribution in [2.75, 3.05) is 5.32 Å². The van der Waals surface area contributed by atoms with Crippen LogP contribution < -0.4 is 9.50 Å². The smallest absolute Gasteiger partial charge is 0.376 e. The van der Waals surface area contributed by atoms with Crippen LogP contribution in [0.1, 0.15) is 104 Å². The molecule has 2 aromatic carbocycles. The zero-order chi connectivity index (χ0) is 30.5. The van der Waals surface area contributed by atoms with Crippen LogP contribution in [0.4, 0.5) is 18.9 Å². The molecule has 0 aliphatic carbocycles. The van der Waals surface area contributed by atoms with Crippen LogP contribution in [0, 0.1) is 6.92 Å². The van der Waals surface area contributed by atoms with Crippen LogP contribution in [0.3, 0.4) is 0 Å². The van der Waals surface area contributed by atoms with Crippen LogP contribution in [0.15, 0.2) is 48.1 Å². The Hall–Kier alpha value is -2.74. The summed E-state index contributed by atoms with van der Waals surface area (Å²) in [5.74, 6) is -0.338. The Balaban J connectivity index is 0.00000274. The summed E-state index contributed by atoms with van der Waals surface area (Å²) in [6.45, 7) is 18.3. The number of hydrogen-bond acceptors (Lipinski definition) is 4. The van der Waals surface area contributed by atoms with E-state index in [0.717, 1.165) is 48.1 Å². The van der Waals surface area contributed by atoms with Crippen LogP contribution in [0.5, 0.6) is 5.75 Å². The lowest BCUT2D eigenvalue weighted by atomic mass is 9.75. The number of rotatable bonds is 9. The van der Waals surface area contributed by atoms with E-state index < -0.39 is 15.6 Å². The highest BCUT2D eigenvalue weighted by Crippen LogP contribution is 2.49. The molecule has 1 atom stereocenters. The second-order valence-corrected chi connectivity index (χ2v) is 12.0. The van der Waals surface area contributed by atoms with E-state index in [1.807, 2.05) is 26.0 Å². The summed E-state index contributed by atoms with van der Waals surface area (Å²) >= 11 is 0. The zero-order valence-corrected chi connectivity index (χ0v) is 26.0. The Labute approximate surface area is 238 Å². The molecule has 1 aliphatic heterocycles. The third kappa shape index (κ3) is 7.12. The van der Waals surface area contributed by atoms with Gasteiger partial charge in [0.05, 0.1) is 5.54 Å². The Kier molecular flexibility index (Phi) is 11.1. The number of benzene rings is 2. The SMILES string of the molecule is CC.CC/C=C(\CC)C(CCC)c1c(-c2c(C)cccc2OS(=O)(=O)C(F)(F)F)ccc2c1C(C)=CC(C)(C)N2. The van der Waals surface area contributed by atoms with Gasteiger partial charge in [-0.1, -0.05) is 77.0 Å². The van der Waals surface area contributed by atoms with Gasteiger partial charge in [-0.25, -0.2) is 0 Å².